The zero-order valence-corrected chi connectivity index (χ0v) is 16.8. The number of hydrogen-bond donors (Lipinski definition) is 2. The van der Waals surface area contributed by atoms with Crippen LogP contribution in [0, 0.1) is 5.92 Å². The highest BCUT2D eigenvalue weighted by molar-refractivity contribution is 7.23. The van der Waals surface area contributed by atoms with Crippen LogP contribution >= 0.6 is 11.3 Å². The van der Waals surface area contributed by atoms with E-state index in [2.05, 4.69) is 10.6 Å². The predicted octanol–water partition coefficient (Wildman–Crippen LogP) is 3.72. The molecule has 0 bridgehead atoms. The predicted molar refractivity (Wildman–Crippen MR) is 114 cm³/mol. The van der Waals surface area contributed by atoms with Gasteiger partial charge in [-0.05, 0) is 49.1 Å². The van der Waals surface area contributed by atoms with Crippen LogP contribution in [0.2, 0.25) is 0 Å². The Morgan fingerprint density at radius 3 is 2.59 bits per heavy atom. The Hall–Kier alpha value is -3.19. The van der Waals surface area contributed by atoms with E-state index in [4.69, 9.17) is 4.98 Å². The van der Waals surface area contributed by atoms with Gasteiger partial charge in [-0.1, -0.05) is 23.5 Å². The van der Waals surface area contributed by atoms with Crippen LogP contribution in [0.25, 0.3) is 26.4 Å². The largest absolute Gasteiger partial charge is 0.355 e. The third-order valence-corrected chi connectivity index (χ3v) is 6.29. The molecule has 1 fully saturated rings. The van der Waals surface area contributed by atoms with Crippen molar-refractivity contribution in [3.63, 3.8) is 0 Å². The molecule has 1 aliphatic rings. The van der Waals surface area contributed by atoms with Crippen LogP contribution in [0.5, 0.6) is 0 Å². The van der Waals surface area contributed by atoms with Crippen LogP contribution < -0.4 is 10.6 Å². The molecule has 2 aromatic carbocycles. The highest BCUT2D eigenvalue weighted by atomic mass is 32.1. The van der Waals surface area contributed by atoms with Gasteiger partial charge in [0.25, 0.3) is 11.8 Å². The van der Waals surface area contributed by atoms with Gasteiger partial charge >= 0.3 is 0 Å². The van der Waals surface area contributed by atoms with Crippen LogP contribution in [-0.2, 0) is 0 Å². The molecule has 0 radical (unpaired) electrons. The van der Waals surface area contributed by atoms with Gasteiger partial charge in [-0.3, -0.25) is 14.0 Å². The quantitative estimate of drug-likeness (QED) is 0.532. The lowest BCUT2D eigenvalue weighted by molar-refractivity contribution is 0.0947. The molecule has 0 unspecified atom stereocenters. The molecule has 7 heteroatoms. The first kappa shape index (κ1) is 17.9. The fourth-order valence-corrected chi connectivity index (χ4v) is 4.43. The van der Waals surface area contributed by atoms with E-state index in [1.54, 1.807) is 30.5 Å². The number of carbonyl (C=O) groups excluding carboxylic acids is 2. The van der Waals surface area contributed by atoms with E-state index in [0.29, 0.717) is 17.0 Å². The van der Waals surface area contributed by atoms with Gasteiger partial charge < -0.3 is 10.6 Å². The highest BCUT2D eigenvalue weighted by Crippen LogP contribution is 2.31. The first-order chi connectivity index (χ1) is 14.1. The summed E-state index contributed by atoms with van der Waals surface area (Å²) in [5, 5.41) is 5.64. The highest BCUT2D eigenvalue weighted by Gasteiger charge is 2.22. The van der Waals surface area contributed by atoms with Gasteiger partial charge in [-0.25, -0.2) is 4.98 Å². The van der Waals surface area contributed by atoms with Crippen molar-refractivity contribution in [1.82, 2.24) is 20.0 Å². The second-order valence-corrected chi connectivity index (χ2v) is 8.38. The Morgan fingerprint density at radius 2 is 1.86 bits per heavy atom. The summed E-state index contributed by atoms with van der Waals surface area (Å²) in [6.07, 6.45) is 4.44. The Morgan fingerprint density at radius 1 is 1.10 bits per heavy atom. The summed E-state index contributed by atoms with van der Waals surface area (Å²) in [5.41, 5.74) is 4.15. The van der Waals surface area contributed by atoms with Gasteiger partial charge in [0.15, 0.2) is 4.96 Å². The fourth-order valence-electron chi connectivity index (χ4n) is 3.38. The SMILES string of the molecule is CNC(=O)c1ccc(-c2cn3c(n2)sc2cc(C(=O)NCC4CC4)ccc23)cc1. The minimum atomic E-state index is -0.106. The molecule has 0 atom stereocenters. The van der Waals surface area contributed by atoms with E-state index >= 15 is 0 Å². The lowest BCUT2D eigenvalue weighted by Crippen LogP contribution is -2.25. The number of nitrogens with one attached hydrogen (secondary N) is 2. The molecule has 2 N–H and O–H groups in total. The molecule has 2 amide bonds. The molecular weight excluding hydrogens is 384 g/mol. The standard InChI is InChI=1S/C22H20N4O2S/c1-23-20(27)15-6-4-14(5-7-15)17-12-26-18-9-8-16(10-19(18)29-22(26)25-17)21(28)24-11-13-2-3-13/h4-10,12-13H,2-3,11H2,1H3,(H,23,27)(H,24,28). The summed E-state index contributed by atoms with van der Waals surface area (Å²) in [7, 11) is 1.62. The van der Waals surface area contributed by atoms with E-state index in [-0.39, 0.29) is 11.8 Å². The van der Waals surface area contributed by atoms with E-state index in [0.717, 1.165) is 33.0 Å². The number of aromatic nitrogens is 2. The number of nitrogens with zero attached hydrogens (tertiary/aromatic N) is 2. The zero-order valence-electron chi connectivity index (χ0n) is 15.9. The lowest BCUT2D eigenvalue weighted by Gasteiger charge is -2.04. The molecule has 29 heavy (non-hydrogen) atoms. The molecule has 2 aromatic heterocycles. The smallest absolute Gasteiger partial charge is 0.251 e. The number of rotatable bonds is 5. The minimum Gasteiger partial charge on any atom is -0.355 e. The molecule has 1 aliphatic carbocycles. The number of carbonyl (C=O) groups is 2. The number of fused-ring (bicyclic) bond motifs is 3. The Labute approximate surface area is 171 Å². The molecule has 1 saturated carbocycles. The maximum absolute atomic E-state index is 12.4. The van der Waals surface area contributed by atoms with Crippen molar-refractivity contribution in [3.05, 3.63) is 59.8 Å². The van der Waals surface area contributed by atoms with E-state index < -0.39 is 0 Å². The van der Waals surface area contributed by atoms with Crippen LogP contribution in [0.15, 0.2) is 48.7 Å². The summed E-state index contributed by atoms with van der Waals surface area (Å²) in [6.45, 7) is 0.771. The minimum absolute atomic E-state index is 0.0123. The molecule has 4 aromatic rings. The van der Waals surface area contributed by atoms with Crippen molar-refractivity contribution < 1.29 is 9.59 Å². The molecule has 0 spiro atoms. The normalized spacial score (nSPS) is 13.7. The van der Waals surface area contributed by atoms with Crippen molar-refractivity contribution >= 4 is 38.3 Å². The van der Waals surface area contributed by atoms with Gasteiger partial charge in [0.1, 0.15) is 0 Å². The second-order valence-electron chi connectivity index (χ2n) is 7.37. The topological polar surface area (TPSA) is 75.5 Å². The maximum Gasteiger partial charge on any atom is 0.251 e. The van der Waals surface area contributed by atoms with Crippen molar-refractivity contribution in [3.8, 4) is 11.3 Å². The first-order valence-electron chi connectivity index (χ1n) is 9.65. The molecule has 146 valence electrons. The van der Waals surface area contributed by atoms with Crippen LogP contribution in [0.1, 0.15) is 33.6 Å². The van der Waals surface area contributed by atoms with Crippen LogP contribution in [0.4, 0.5) is 0 Å². The van der Waals surface area contributed by atoms with E-state index in [9.17, 15) is 9.59 Å². The summed E-state index contributed by atoms with van der Waals surface area (Å²) in [6, 6.07) is 13.2. The third kappa shape index (κ3) is 3.38. The van der Waals surface area contributed by atoms with Crippen molar-refractivity contribution in [2.75, 3.05) is 13.6 Å². The van der Waals surface area contributed by atoms with E-state index in [1.807, 2.05) is 40.9 Å². The van der Waals surface area contributed by atoms with Crippen molar-refractivity contribution in [1.29, 1.82) is 0 Å². The fraction of sp³-hybridized carbons (Fsp3) is 0.227. The average molecular weight is 404 g/mol. The number of thiazole rings is 1. The Bertz CT molecular complexity index is 1240. The van der Waals surface area contributed by atoms with Crippen molar-refractivity contribution in [2.24, 2.45) is 5.92 Å². The van der Waals surface area contributed by atoms with Gasteiger partial charge in [-0.2, -0.15) is 0 Å². The van der Waals surface area contributed by atoms with E-state index in [1.165, 1.54) is 12.8 Å². The van der Waals surface area contributed by atoms with Gasteiger partial charge in [0, 0.05) is 36.5 Å². The lowest BCUT2D eigenvalue weighted by atomic mass is 10.1. The maximum atomic E-state index is 12.4. The molecule has 0 saturated heterocycles. The molecule has 0 aliphatic heterocycles. The summed E-state index contributed by atoms with van der Waals surface area (Å²) >= 11 is 1.56. The number of benzene rings is 2. The Balaban J connectivity index is 1.43. The average Bonchev–Trinajstić information content (AvgIpc) is 3.40. The van der Waals surface area contributed by atoms with Crippen molar-refractivity contribution in [2.45, 2.75) is 12.8 Å². The zero-order chi connectivity index (χ0) is 20.0. The first-order valence-corrected chi connectivity index (χ1v) is 10.5. The summed E-state index contributed by atoms with van der Waals surface area (Å²) in [5.74, 6) is 0.545. The van der Waals surface area contributed by atoms with Crippen LogP contribution in [0.3, 0.4) is 0 Å². The summed E-state index contributed by atoms with van der Waals surface area (Å²) < 4.78 is 3.08. The number of amides is 2. The number of imidazole rings is 1. The molecule has 5 rings (SSSR count). The monoisotopic (exact) mass is 404 g/mol. The molecular formula is C22H20N4O2S. The van der Waals surface area contributed by atoms with Crippen LogP contribution in [-0.4, -0.2) is 34.8 Å². The third-order valence-electron chi connectivity index (χ3n) is 5.27. The molecule has 6 nitrogen and oxygen atoms in total. The van der Waals surface area contributed by atoms with Gasteiger partial charge in [-0.15, -0.1) is 0 Å². The Kier molecular flexibility index (Phi) is 4.32. The second kappa shape index (κ2) is 7.00. The number of hydrogen-bond acceptors (Lipinski definition) is 4. The summed E-state index contributed by atoms with van der Waals surface area (Å²) in [4.78, 5) is 29.7. The molecule has 2 heterocycles. The van der Waals surface area contributed by atoms with Gasteiger partial charge in [0.2, 0.25) is 0 Å². The van der Waals surface area contributed by atoms with Gasteiger partial charge in [0.05, 0.1) is 15.9 Å².